The van der Waals surface area contributed by atoms with Crippen LogP contribution in [0.5, 0.6) is 11.5 Å². The Bertz CT molecular complexity index is 1010. The van der Waals surface area contributed by atoms with Crippen LogP contribution < -0.4 is 10.5 Å². The smallest absolute Gasteiger partial charge is 0.303 e. The van der Waals surface area contributed by atoms with Crippen molar-refractivity contribution in [2.45, 2.75) is 24.0 Å². The van der Waals surface area contributed by atoms with E-state index in [-0.39, 0.29) is 24.7 Å². The Balaban J connectivity index is 1.82. The Morgan fingerprint density at radius 1 is 1.03 bits per heavy atom. The number of fused-ring (bicyclic) bond motifs is 1. The summed E-state index contributed by atoms with van der Waals surface area (Å²) in [5.74, 6) is -1.40. The van der Waals surface area contributed by atoms with Crippen molar-refractivity contribution in [3.63, 3.8) is 0 Å². The number of carboxylic acid groups (broad SMARTS) is 1. The topological polar surface area (TPSA) is 113 Å². The fourth-order valence-electron chi connectivity index (χ4n) is 4.54. The Morgan fingerprint density at radius 3 is 2.16 bits per heavy atom. The Kier molecular flexibility index (Phi) is 5.67. The lowest BCUT2D eigenvalue weighted by Crippen LogP contribution is -2.53. The molecule has 2 unspecified atom stereocenters. The van der Waals surface area contributed by atoms with Crippen LogP contribution in [0.4, 0.5) is 0 Å². The highest BCUT2D eigenvalue weighted by Gasteiger charge is 2.47. The number of phenolic OH excluding ortho intramolecular Hbond substituents is 1. The average molecular weight is 419 g/mol. The van der Waals surface area contributed by atoms with Gasteiger partial charge in [0.2, 0.25) is 0 Å². The summed E-state index contributed by atoms with van der Waals surface area (Å²) in [5.41, 5.74) is 7.11. The Labute approximate surface area is 180 Å². The van der Waals surface area contributed by atoms with E-state index < -0.39 is 23.5 Å². The molecule has 0 saturated heterocycles. The molecule has 0 radical (unpaired) electrons. The summed E-state index contributed by atoms with van der Waals surface area (Å²) >= 11 is 0. The lowest BCUT2D eigenvalue weighted by Gasteiger charge is -2.41. The van der Waals surface area contributed by atoms with Crippen LogP contribution in [0.25, 0.3) is 0 Å². The third-order valence-electron chi connectivity index (χ3n) is 6.11. The molecule has 5 N–H and O–H groups in total. The van der Waals surface area contributed by atoms with Crippen molar-refractivity contribution in [3.05, 3.63) is 95.6 Å². The van der Waals surface area contributed by atoms with Gasteiger partial charge in [-0.25, -0.2) is 0 Å². The third-order valence-corrected chi connectivity index (χ3v) is 6.11. The van der Waals surface area contributed by atoms with Crippen molar-refractivity contribution >= 4 is 5.97 Å². The van der Waals surface area contributed by atoms with E-state index in [9.17, 15) is 20.1 Å². The summed E-state index contributed by atoms with van der Waals surface area (Å²) in [7, 11) is 0. The summed E-state index contributed by atoms with van der Waals surface area (Å²) < 4.78 is 5.74. The fraction of sp³-hybridized carbons (Fsp3) is 0.240. The van der Waals surface area contributed by atoms with E-state index in [1.807, 2.05) is 36.4 Å². The number of phenols is 1. The number of nitrogens with two attached hydrogens (primary N) is 1. The number of aromatic hydroxyl groups is 1. The zero-order valence-corrected chi connectivity index (χ0v) is 16.9. The number of hydrogen-bond donors (Lipinski definition) is 4. The maximum absolute atomic E-state index is 12.1. The summed E-state index contributed by atoms with van der Waals surface area (Å²) in [5, 5.41) is 31.5. The monoisotopic (exact) mass is 419 g/mol. The Hall–Kier alpha value is -3.35. The standard InChI is InChI=1S/C25H25NO5/c26-24(25(30,16-7-3-1-4-8-16)17-9-5-2-6-10-17)20(14-23(28)29)21-15-31-22-13-18(27)11-12-19(21)22/h1-13,20-21,24,27,30H,14-15,26H2,(H,28,29)/t20?,21-,24?/m1/s1. The number of ether oxygens (including phenoxy) is 1. The maximum Gasteiger partial charge on any atom is 0.303 e. The average Bonchev–Trinajstić information content (AvgIpc) is 3.20. The molecule has 1 heterocycles. The van der Waals surface area contributed by atoms with Crippen LogP contribution in [-0.4, -0.2) is 33.9 Å². The van der Waals surface area contributed by atoms with E-state index in [1.54, 1.807) is 36.4 Å². The van der Waals surface area contributed by atoms with Gasteiger partial charge in [0.1, 0.15) is 17.1 Å². The molecular weight excluding hydrogens is 394 g/mol. The molecule has 3 aromatic carbocycles. The van der Waals surface area contributed by atoms with Crippen LogP contribution in [0.15, 0.2) is 78.9 Å². The highest BCUT2D eigenvalue weighted by Crippen LogP contribution is 2.46. The van der Waals surface area contributed by atoms with Crippen molar-refractivity contribution in [3.8, 4) is 11.5 Å². The lowest BCUT2D eigenvalue weighted by molar-refractivity contribution is -0.139. The predicted molar refractivity (Wildman–Crippen MR) is 116 cm³/mol. The maximum atomic E-state index is 12.1. The first-order valence-corrected chi connectivity index (χ1v) is 10.2. The van der Waals surface area contributed by atoms with E-state index in [4.69, 9.17) is 10.5 Å². The van der Waals surface area contributed by atoms with Gasteiger partial charge in [0, 0.05) is 23.6 Å². The van der Waals surface area contributed by atoms with E-state index >= 15 is 0 Å². The first-order chi connectivity index (χ1) is 14.9. The van der Waals surface area contributed by atoms with Gasteiger partial charge in [-0.2, -0.15) is 0 Å². The first kappa shape index (κ1) is 20.9. The normalized spacial score (nSPS) is 17.4. The molecule has 0 fully saturated rings. The molecular formula is C25H25NO5. The summed E-state index contributed by atoms with van der Waals surface area (Å²) in [6.45, 7) is 0.226. The molecule has 0 amide bonds. The minimum Gasteiger partial charge on any atom is -0.508 e. The van der Waals surface area contributed by atoms with Gasteiger partial charge in [-0.05, 0) is 23.1 Å². The van der Waals surface area contributed by atoms with Gasteiger partial charge in [-0.15, -0.1) is 0 Å². The van der Waals surface area contributed by atoms with Crippen molar-refractivity contribution in [2.75, 3.05) is 6.61 Å². The van der Waals surface area contributed by atoms with E-state index in [1.165, 1.54) is 6.07 Å². The molecule has 160 valence electrons. The van der Waals surface area contributed by atoms with Crippen molar-refractivity contribution in [1.82, 2.24) is 0 Å². The molecule has 3 aromatic rings. The predicted octanol–water partition coefficient (Wildman–Crippen LogP) is 3.22. The van der Waals surface area contributed by atoms with Crippen molar-refractivity contribution < 1.29 is 24.9 Å². The first-order valence-electron chi connectivity index (χ1n) is 10.2. The molecule has 31 heavy (non-hydrogen) atoms. The van der Waals surface area contributed by atoms with E-state index in [0.717, 1.165) is 5.56 Å². The number of hydrogen-bond acceptors (Lipinski definition) is 5. The third kappa shape index (κ3) is 3.87. The highest BCUT2D eigenvalue weighted by atomic mass is 16.5. The molecule has 0 spiro atoms. The molecule has 3 atom stereocenters. The van der Waals surface area contributed by atoms with Gasteiger partial charge < -0.3 is 25.8 Å². The molecule has 6 nitrogen and oxygen atoms in total. The quantitative estimate of drug-likeness (QED) is 0.468. The summed E-state index contributed by atoms with van der Waals surface area (Å²) in [6.07, 6.45) is -0.239. The van der Waals surface area contributed by atoms with Gasteiger partial charge in [-0.1, -0.05) is 66.7 Å². The zero-order chi connectivity index (χ0) is 22.0. The molecule has 0 aromatic heterocycles. The van der Waals surface area contributed by atoms with Crippen LogP contribution in [0.3, 0.4) is 0 Å². The second kappa shape index (κ2) is 8.41. The van der Waals surface area contributed by atoms with Gasteiger partial charge >= 0.3 is 5.97 Å². The van der Waals surface area contributed by atoms with Crippen LogP contribution in [-0.2, 0) is 10.4 Å². The van der Waals surface area contributed by atoms with Crippen LogP contribution in [0.1, 0.15) is 29.0 Å². The molecule has 4 rings (SSSR count). The number of aliphatic hydroxyl groups is 1. The fourth-order valence-corrected chi connectivity index (χ4v) is 4.54. The van der Waals surface area contributed by atoms with Crippen LogP contribution in [0, 0.1) is 5.92 Å². The molecule has 0 bridgehead atoms. The largest absolute Gasteiger partial charge is 0.508 e. The molecule has 0 saturated carbocycles. The lowest BCUT2D eigenvalue weighted by atomic mass is 9.69. The van der Waals surface area contributed by atoms with Crippen molar-refractivity contribution in [2.24, 2.45) is 11.7 Å². The number of rotatable bonds is 7. The SMILES string of the molecule is NC(C(CC(=O)O)[C@@H]1COc2cc(O)ccc21)C(O)(c1ccccc1)c1ccccc1. The minimum atomic E-state index is -1.61. The van der Waals surface area contributed by atoms with Gasteiger partial charge in [0.15, 0.2) is 0 Å². The molecule has 0 aliphatic carbocycles. The van der Waals surface area contributed by atoms with E-state index in [2.05, 4.69) is 0 Å². The molecule has 6 heteroatoms. The second-order valence-electron chi connectivity index (χ2n) is 7.93. The van der Waals surface area contributed by atoms with Gasteiger partial charge in [0.25, 0.3) is 0 Å². The second-order valence-corrected chi connectivity index (χ2v) is 7.93. The number of benzene rings is 3. The number of carboxylic acids is 1. The number of aliphatic carboxylic acids is 1. The molecule has 1 aliphatic heterocycles. The Morgan fingerprint density at radius 2 is 1.61 bits per heavy atom. The number of carbonyl (C=O) groups is 1. The zero-order valence-electron chi connectivity index (χ0n) is 16.9. The summed E-state index contributed by atoms with van der Waals surface area (Å²) in [6, 6.07) is 22.0. The van der Waals surface area contributed by atoms with Gasteiger partial charge in [-0.3, -0.25) is 4.79 Å². The highest BCUT2D eigenvalue weighted by molar-refractivity contribution is 5.67. The van der Waals surface area contributed by atoms with E-state index in [0.29, 0.717) is 16.9 Å². The van der Waals surface area contributed by atoms with Gasteiger partial charge in [0.05, 0.1) is 13.0 Å². The molecule has 1 aliphatic rings. The minimum absolute atomic E-state index is 0.0727. The van der Waals surface area contributed by atoms with Crippen LogP contribution >= 0.6 is 0 Å². The summed E-state index contributed by atoms with van der Waals surface area (Å²) in [4.78, 5) is 11.8. The van der Waals surface area contributed by atoms with Crippen molar-refractivity contribution in [1.29, 1.82) is 0 Å². The van der Waals surface area contributed by atoms with Crippen LogP contribution in [0.2, 0.25) is 0 Å².